The van der Waals surface area contributed by atoms with E-state index in [2.05, 4.69) is 79.7 Å². The molecule has 3 nitrogen and oxygen atoms in total. The largest absolute Gasteiger partial charge is 0.379 e. The molecule has 0 radical (unpaired) electrons. The van der Waals surface area contributed by atoms with Crippen molar-refractivity contribution in [3.05, 3.63) is 108 Å². The van der Waals surface area contributed by atoms with Gasteiger partial charge in [-0.1, -0.05) is 194 Å². The summed E-state index contributed by atoms with van der Waals surface area (Å²) in [5, 5.41) is 0. The van der Waals surface area contributed by atoms with Crippen molar-refractivity contribution in [1.29, 1.82) is 0 Å². The van der Waals surface area contributed by atoms with Crippen LogP contribution in [-0.2, 0) is 19.8 Å². The highest BCUT2D eigenvalue weighted by atomic mass is 16.5. The number of hydrogen-bond donors (Lipinski definition) is 0. The van der Waals surface area contributed by atoms with Crippen LogP contribution in [0, 0.1) is 0 Å². The maximum atomic E-state index is 6.77. The van der Waals surface area contributed by atoms with Gasteiger partial charge in [-0.05, 0) is 23.1 Å². The van der Waals surface area contributed by atoms with Gasteiger partial charge in [0.2, 0.25) is 0 Å². The minimum atomic E-state index is -0.698. The molecule has 0 aliphatic rings. The van der Waals surface area contributed by atoms with Crippen molar-refractivity contribution in [1.82, 2.24) is 0 Å². The Labute approximate surface area is 269 Å². The first-order valence-electron chi connectivity index (χ1n) is 17.8. The first-order chi connectivity index (χ1) is 21.9. The van der Waals surface area contributed by atoms with Gasteiger partial charge >= 0.3 is 0 Å². The second-order valence-electron chi connectivity index (χ2n) is 12.2. The van der Waals surface area contributed by atoms with Gasteiger partial charge in [-0.25, -0.2) is 0 Å². The van der Waals surface area contributed by atoms with E-state index < -0.39 is 5.60 Å². The molecule has 0 aliphatic heterocycles. The Hall–Kier alpha value is -2.46. The maximum absolute atomic E-state index is 6.77. The van der Waals surface area contributed by atoms with Crippen molar-refractivity contribution in [2.24, 2.45) is 0 Å². The molecule has 0 aliphatic carbocycles. The van der Waals surface area contributed by atoms with E-state index in [0.29, 0.717) is 26.4 Å². The first-order valence-corrected chi connectivity index (χ1v) is 17.8. The Morgan fingerprint density at radius 1 is 0.364 bits per heavy atom. The molecule has 0 atom stereocenters. The van der Waals surface area contributed by atoms with Crippen LogP contribution in [0.5, 0.6) is 0 Å². The van der Waals surface area contributed by atoms with E-state index in [1.165, 1.54) is 96.3 Å². The van der Waals surface area contributed by atoms with Crippen LogP contribution in [0.4, 0.5) is 0 Å². The fourth-order valence-electron chi connectivity index (χ4n) is 6.10. The van der Waals surface area contributed by atoms with Gasteiger partial charge in [0, 0.05) is 6.61 Å². The summed E-state index contributed by atoms with van der Waals surface area (Å²) in [4.78, 5) is 0. The molecule has 0 amide bonds. The zero-order valence-corrected chi connectivity index (χ0v) is 27.7. The molecule has 242 valence electrons. The van der Waals surface area contributed by atoms with Gasteiger partial charge < -0.3 is 14.2 Å². The topological polar surface area (TPSA) is 27.7 Å². The minimum absolute atomic E-state index is 0.484. The SMILES string of the molecule is CCCCCCCCCCCCCCCCCCOCCOCCOC(c1ccccc1)(c1ccccc1)c1ccccc1. The number of unbranched alkanes of at least 4 members (excludes halogenated alkanes) is 15. The molecule has 3 heteroatoms. The normalized spacial score (nSPS) is 11.7. The van der Waals surface area contributed by atoms with Crippen LogP contribution in [0.15, 0.2) is 91.0 Å². The van der Waals surface area contributed by atoms with E-state index in [1.807, 2.05) is 18.2 Å². The fourth-order valence-corrected chi connectivity index (χ4v) is 6.10. The van der Waals surface area contributed by atoms with E-state index in [-0.39, 0.29) is 0 Å². The molecule has 0 saturated heterocycles. The maximum Gasteiger partial charge on any atom is 0.143 e. The van der Waals surface area contributed by atoms with Gasteiger partial charge in [-0.2, -0.15) is 0 Å². The highest BCUT2D eigenvalue weighted by Crippen LogP contribution is 2.40. The number of ether oxygens (including phenoxy) is 3. The second kappa shape index (κ2) is 23.9. The molecular formula is C41H60O3. The lowest BCUT2D eigenvalue weighted by Crippen LogP contribution is -2.34. The first kappa shape index (κ1) is 36.0. The fraction of sp³-hybridized carbons (Fsp3) is 0.561. The summed E-state index contributed by atoms with van der Waals surface area (Å²) in [6, 6.07) is 31.5. The van der Waals surface area contributed by atoms with E-state index in [1.54, 1.807) is 0 Å². The molecule has 3 rings (SSSR count). The summed E-state index contributed by atoms with van der Waals surface area (Å²) in [5.74, 6) is 0. The predicted octanol–water partition coefficient (Wildman–Crippen LogP) is 11.3. The van der Waals surface area contributed by atoms with Crippen LogP contribution in [0.2, 0.25) is 0 Å². The standard InChI is InChI=1S/C41H60O3/c1-2-3-4-5-6-7-8-9-10-11-12-13-14-15-16-26-33-42-34-35-43-36-37-44-41(38-27-20-17-21-28-38,39-29-22-18-23-30-39)40-31-24-19-25-32-40/h17-25,27-32H,2-16,26,33-37H2,1H3. The van der Waals surface area contributed by atoms with Crippen molar-refractivity contribution in [3.63, 3.8) is 0 Å². The van der Waals surface area contributed by atoms with Gasteiger partial charge in [-0.3, -0.25) is 0 Å². The third-order valence-corrected chi connectivity index (χ3v) is 8.60. The Morgan fingerprint density at radius 2 is 0.682 bits per heavy atom. The van der Waals surface area contributed by atoms with Crippen molar-refractivity contribution in [2.45, 2.75) is 115 Å². The molecule has 3 aromatic rings. The third kappa shape index (κ3) is 13.7. The quantitative estimate of drug-likeness (QED) is 0.0643. The average molecular weight is 601 g/mol. The second-order valence-corrected chi connectivity index (χ2v) is 12.2. The van der Waals surface area contributed by atoms with E-state index in [4.69, 9.17) is 14.2 Å². The molecule has 0 bridgehead atoms. The Bertz CT molecular complexity index is 941. The smallest absolute Gasteiger partial charge is 0.143 e. The molecule has 0 aromatic heterocycles. The number of rotatable bonds is 27. The van der Waals surface area contributed by atoms with Crippen LogP contribution in [0.1, 0.15) is 126 Å². The molecule has 0 fully saturated rings. The lowest BCUT2D eigenvalue weighted by Gasteiger charge is -2.36. The van der Waals surface area contributed by atoms with Gasteiger partial charge in [0.25, 0.3) is 0 Å². The van der Waals surface area contributed by atoms with Crippen LogP contribution >= 0.6 is 0 Å². The Kier molecular flexibility index (Phi) is 19.5. The summed E-state index contributed by atoms with van der Waals surface area (Å²) in [6.07, 6.45) is 22.2. The van der Waals surface area contributed by atoms with Crippen molar-refractivity contribution in [3.8, 4) is 0 Å². The highest BCUT2D eigenvalue weighted by molar-refractivity contribution is 5.47. The molecule has 0 saturated carbocycles. The number of benzene rings is 3. The minimum Gasteiger partial charge on any atom is -0.379 e. The summed E-state index contributed by atoms with van der Waals surface area (Å²) in [5.41, 5.74) is 2.63. The van der Waals surface area contributed by atoms with Gasteiger partial charge in [-0.15, -0.1) is 0 Å². The van der Waals surface area contributed by atoms with Crippen LogP contribution in [0.25, 0.3) is 0 Å². The zero-order valence-electron chi connectivity index (χ0n) is 27.7. The lowest BCUT2D eigenvalue weighted by molar-refractivity contribution is -0.0334. The monoisotopic (exact) mass is 600 g/mol. The molecular weight excluding hydrogens is 540 g/mol. The van der Waals surface area contributed by atoms with Crippen LogP contribution in [-0.4, -0.2) is 33.0 Å². The zero-order chi connectivity index (χ0) is 30.8. The molecule has 0 N–H and O–H groups in total. The van der Waals surface area contributed by atoms with Crippen molar-refractivity contribution < 1.29 is 14.2 Å². The molecule has 0 spiro atoms. The van der Waals surface area contributed by atoms with Crippen molar-refractivity contribution in [2.75, 3.05) is 33.0 Å². The lowest BCUT2D eigenvalue weighted by atomic mass is 9.80. The summed E-state index contributed by atoms with van der Waals surface area (Å²) < 4.78 is 18.5. The molecule has 0 unspecified atom stereocenters. The Balaban J connectivity index is 1.21. The van der Waals surface area contributed by atoms with E-state index in [9.17, 15) is 0 Å². The highest BCUT2D eigenvalue weighted by Gasteiger charge is 2.37. The summed E-state index contributed by atoms with van der Waals surface area (Å²) in [7, 11) is 0. The van der Waals surface area contributed by atoms with Crippen LogP contribution in [0.3, 0.4) is 0 Å². The molecule has 44 heavy (non-hydrogen) atoms. The van der Waals surface area contributed by atoms with Crippen LogP contribution < -0.4 is 0 Å². The molecule has 0 heterocycles. The van der Waals surface area contributed by atoms with Gasteiger partial charge in [0.1, 0.15) is 5.60 Å². The van der Waals surface area contributed by atoms with E-state index >= 15 is 0 Å². The van der Waals surface area contributed by atoms with Crippen molar-refractivity contribution >= 4 is 0 Å². The molecule has 3 aromatic carbocycles. The average Bonchev–Trinajstić information content (AvgIpc) is 3.08. The summed E-state index contributed by atoms with van der Waals surface area (Å²) in [6.45, 7) is 5.36. The summed E-state index contributed by atoms with van der Waals surface area (Å²) >= 11 is 0. The Morgan fingerprint density at radius 3 is 1.07 bits per heavy atom. The van der Waals surface area contributed by atoms with Gasteiger partial charge in [0.05, 0.1) is 26.4 Å². The van der Waals surface area contributed by atoms with Gasteiger partial charge in [0.15, 0.2) is 0 Å². The number of hydrogen-bond acceptors (Lipinski definition) is 3. The predicted molar refractivity (Wildman–Crippen MR) is 186 cm³/mol. The third-order valence-electron chi connectivity index (χ3n) is 8.60. The van der Waals surface area contributed by atoms with E-state index in [0.717, 1.165) is 29.7 Å².